The molecule has 3 rings (SSSR count). The van der Waals surface area contributed by atoms with Crippen molar-refractivity contribution in [1.82, 2.24) is 9.55 Å². The van der Waals surface area contributed by atoms with Gasteiger partial charge in [0.25, 0.3) is 5.56 Å². The molecule has 17 heavy (non-hydrogen) atoms. The summed E-state index contributed by atoms with van der Waals surface area (Å²) in [5.74, 6) is -1.03. The molecule has 88 valence electrons. The van der Waals surface area contributed by atoms with Crippen molar-refractivity contribution in [3.8, 4) is 0 Å². The molecule has 0 saturated heterocycles. The predicted octanol–water partition coefficient (Wildman–Crippen LogP) is 1.03. The third kappa shape index (κ3) is 1.56. The van der Waals surface area contributed by atoms with Crippen LogP contribution in [0.2, 0.25) is 0 Å². The zero-order valence-corrected chi connectivity index (χ0v) is 9.79. The van der Waals surface area contributed by atoms with Gasteiger partial charge in [-0.25, -0.2) is 4.98 Å². The summed E-state index contributed by atoms with van der Waals surface area (Å²) in [7, 11) is 0. The van der Waals surface area contributed by atoms with Gasteiger partial charge in [-0.1, -0.05) is 0 Å². The van der Waals surface area contributed by atoms with Crippen molar-refractivity contribution in [3.63, 3.8) is 0 Å². The van der Waals surface area contributed by atoms with E-state index in [4.69, 9.17) is 5.11 Å². The molecule has 6 heteroatoms. The van der Waals surface area contributed by atoms with E-state index in [9.17, 15) is 9.59 Å². The number of aliphatic carboxylic acids is 1. The Labute approximate surface area is 100 Å². The van der Waals surface area contributed by atoms with Gasteiger partial charge in [0.05, 0.1) is 11.7 Å². The number of carboxylic acids is 1. The number of fused-ring (bicyclic) bond motifs is 3. The van der Waals surface area contributed by atoms with Crippen molar-refractivity contribution < 1.29 is 9.90 Å². The molecule has 5 nitrogen and oxygen atoms in total. The van der Waals surface area contributed by atoms with Crippen LogP contribution in [0.1, 0.15) is 16.9 Å². The molecule has 2 aromatic rings. The second kappa shape index (κ2) is 3.66. The average Bonchev–Trinajstić information content (AvgIpc) is 2.80. The maximum Gasteiger partial charge on any atom is 0.323 e. The molecule has 0 saturated carbocycles. The minimum Gasteiger partial charge on any atom is -0.480 e. The van der Waals surface area contributed by atoms with Gasteiger partial charge in [-0.3, -0.25) is 14.2 Å². The van der Waals surface area contributed by atoms with Gasteiger partial charge in [-0.05, 0) is 24.8 Å². The highest BCUT2D eigenvalue weighted by Crippen LogP contribution is 2.34. The highest BCUT2D eigenvalue weighted by molar-refractivity contribution is 7.18. The van der Waals surface area contributed by atoms with E-state index in [0.29, 0.717) is 5.39 Å². The molecule has 0 spiro atoms. The summed E-state index contributed by atoms with van der Waals surface area (Å²) in [4.78, 5) is 28.9. The van der Waals surface area contributed by atoms with E-state index >= 15 is 0 Å². The van der Waals surface area contributed by atoms with E-state index < -0.39 is 5.97 Å². The SMILES string of the molecule is O=C(O)Cn1cnc2sc3c(c2c1=O)CCC3. The van der Waals surface area contributed by atoms with E-state index in [1.54, 1.807) is 11.3 Å². The Balaban J connectivity index is 2.26. The molecule has 1 N–H and O–H groups in total. The van der Waals surface area contributed by atoms with Gasteiger partial charge < -0.3 is 5.11 Å². The Hall–Kier alpha value is -1.69. The molecular formula is C11H10N2O3S. The van der Waals surface area contributed by atoms with Crippen molar-refractivity contribution in [2.45, 2.75) is 25.8 Å². The normalized spacial score (nSPS) is 14.1. The predicted molar refractivity (Wildman–Crippen MR) is 63.5 cm³/mol. The molecule has 0 atom stereocenters. The maximum absolute atomic E-state index is 12.2. The smallest absolute Gasteiger partial charge is 0.323 e. The summed E-state index contributed by atoms with van der Waals surface area (Å²) in [6.45, 7) is -0.327. The zero-order chi connectivity index (χ0) is 12.0. The Bertz CT molecular complexity index is 671. The van der Waals surface area contributed by atoms with Crippen LogP contribution >= 0.6 is 11.3 Å². The Morgan fingerprint density at radius 1 is 1.53 bits per heavy atom. The van der Waals surface area contributed by atoms with Crippen molar-refractivity contribution in [3.05, 3.63) is 27.1 Å². The van der Waals surface area contributed by atoms with Crippen LogP contribution in [0.3, 0.4) is 0 Å². The fraction of sp³-hybridized carbons (Fsp3) is 0.364. The number of aryl methyl sites for hydroxylation is 2. The standard InChI is InChI=1S/C11H10N2O3S/c14-8(15)4-13-5-12-10-9(11(13)16)6-2-1-3-7(6)17-10/h5H,1-4H2,(H,14,15). The lowest BCUT2D eigenvalue weighted by molar-refractivity contribution is -0.137. The fourth-order valence-electron chi connectivity index (χ4n) is 2.28. The van der Waals surface area contributed by atoms with Gasteiger partial charge in [0.2, 0.25) is 0 Å². The minimum atomic E-state index is -1.03. The molecule has 0 bridgehead atoms. The maximum atomic E-state index is 12.2. The van der Waals surface area contributed by atoms with Gasteiger partial charge >= 0.3 is 5.97 Å². The number of carbonyl (C=O) groups is 1. The monoisotopic (exact) mass is 250 g/mol. The lowest BCUT2D eigenvalue weighted by Gasteiger charge is -2.01. The number of thiophene rings is 1. The number of rotatable bonds is 2. The molecule has 2 heterocycles. The molecule has 1 aliphatic rings. The highest BCUT2D eigenvalue weighted by atomic mass is 32.1. The Morgan fingerprint density at radius 3 is 3.12 bits per heavy atom. The van der Waals surface area contributed by atoms with Crippen LogP contribution in [0.5, 0.6) is 0 Å². The van der Waals surface area contributed by atoms with Crippen LogP contribution in [-0.2, 0) is 24.2 Å². The summed E-state index contributed by atoms with van der Waals surface area (Å²) in [5, 5.41) is 9.35. The molecule has 2 aromatic heterocycles. The van der Waals surface area contributed by atoms with Crippen LogP contribution in [0.4, 0.5) is 0 Å². The number of nitrogens with zero attached hydrogens (tertiary/aromatic N) is 2. The minimum absolute atomic E-state index is 0.225. The van der Waals surface area contributed by atoms with Crippen molar-refractivity contribution in [1.29, 1.82) is 0 Å². The van der Waals surface area contributed by atoms with Gasteiger partial charge in [0.15, 0.2) is 0 Å². The molecular weight excluding hydrogens is 240 g/mol. The van der Waals surface area contributed by atoms with Crippen LogP contribution < -0.4 is 5.56 Å². The van der Waals surface area contributed by atoms with E-state index in [0.717, 1.165) is 34.2 Å². The lowest BCUT2D eigenvalue weighted by atomic mass is 10.2. The van der Waals surface area contributed by atoms with Crippen LogP contribution in [-0.4, -0.2) is 20.6 Å². The van der Waals surface area contributed by atoms with Crippen LogP contribution in [0.15, 0.2) is 11.1 Å². The topological polar surface area (TPSA) is 72.2 Å². The molecule has 0 aliphatic heterocycles. The van der Waals surface area contributed by atoms with E-state index in [2.05, 4.69) is 4.98 Å². The second-order valence-corrected chi connectivity index (χ2v) is 5.19. The summed E-state index contributed by atoms with van der Waals surface area (Å²) >= 11 is 1.56. The average molecular weight is 250 g/mol. The molecule has 0 amide bonds. The third-order valence-corrected chi connectivity index (χ3v) is 4.20. The lowest BCUT2D eigenvalue weighted by Crippen LogP contribution is -2.24. The van der Waals surface area contributed by atoms with Crippen molar-refractivity contribution in [2.24, 2.45) is 0 Å². The number of carboxylic acid groups (broad SMARTS) is 1. The summed E-state index contributed by atoms with van der Waals surface area (Å²) in [6, 6.07) is 0. The summed E-state index contributed by atoms with van der Waals surface area (Å²) in [5.41, 5.74) is 0.860. The van der Waals surface area contributed by atoms with Crippen LogP contribution in [0, 0.1) is 0 Å². The first-order valence-electron chi connectivity index (χ1n) is 5.38. The molecule has 0 aromatic carbocycles. The molecule has 0 radical (unpaired) electrons. The quantitative estimate of drug-likeness (QED) is 0.864. The first-order valence-corrected chi connectivity index (χ1v) is 6.20. The first kappa shape index (κ1) is 10.5. The summed E-state index contributed by atoms with van der Waals surface area (Å²) < 4.78 is 1.16. The van der Waals surface area contributed by atoms with Crippen molar-refractivity contribution in [2.75, 3.05) is 0 Å². The van der Waals surface area contributed by atoms with Gasteiger partial charge in [-0.2, -0.15) is 0 Å². The molecule has 0 unspecified atom stereocenters. The molecule has 0 fully saturated rings. The van der Waals surface area contributed by atoms with Gasteiger partial charge in [-0.15, -0.1) is 11.3 Å². The van der Waals surface area contributed by atoms with Crippen LogP contribution in [0.25, 0.3) is 10.2 Å². The van der Waals surface area contributed by atoms with Crippen molar-refractivity contribution >= 4 is 27.5 Å². The van der Waals surface area contributed by atoms with E-state index in [1.807, 2.05) is 0 Å². The molecule has 1 aliphatic carbocycles. The largest absolute Gasteiger partial charge is 0.480 e. The number of aromatic nitrogens is 2. The second-order valence-electron chi connectivity index (χ2n) is 4.11. The first-order chi connectivity index (χ1) is 8.16. The van der Waals surface area contributed by atoms with E-state index in [-0.39, 0.29) is 12.1 Å². The fourth-order valence-corrected chi connectivity index (χ4v) is 3.50. The van der Waals surface area contributed by atoms with Gasteiger partial charge in [0.1, 0.15) is 11.4 Å². The summed E-state index contributed by atoms with van der Waals surface area (Å²) in [6.07, 6.45) is 4.31. The Kier molecular flexibility index (Phi) is 2.25. The van der Waals surface area contributed by atoms with Gasteiger partial charge in [0, 0.05) is 4.88 Å². The van der Waals surface area contributed by atoms with E-state index in [1.165, 1.54) is 11.2 Å². The highest BCUT2D eigenvalue weighted by Gasteiger charge is 2.21. The number of hydrogen-bond acceptors (Lipinski definition) is 4. The third-order valence-electron chi connectivity index (χ3n) is 3.00. The number of hydrogen-bond donors (Lipinski definition) is 1. The zero-order valence-electron chi connectivity index (χ0n) is 8.97. The Morgan fingerprint density at radius 2 is 2.35 bits per heavy atom.